The fourth-order valence-corrected chi connectivity index (χ4v) is 0.873. The number of ether oxygens (including phenoxy) is 3. The Morgan fingerprint density at radius 1 is 1.27 bits per heavy atom. The van der Waals surface area contributed by atoms with E-state index in [9.17, 15) is 4.79 Å². The van der Waals surface area contributed by atoms with Crippen LogP contribution in [0.3, 0.4) is 0 Å². The highest BCUT2D eigenvalue weighted by molar-refractivity contribution is 5.72. The molecule has 0 radical (unpaired) electrons. The molecule has 4 heteroatoms. The molecular weight excluding hydrogens is 196 g/mol. The van der Waals surface area contributed by atoms with Gasteiger partial charge in [0.1, 0.15) is 5.60 Å². The molecule has 0 spiro atoms. The third kappa shape index (κ3) is 8.39. The summed E-state index contributed by atoms with van der Waals surface area (Å²) in [6.45, 7) is 8.76. The molecule has 0 aromatic rings. The van der Waals surface area contributed by atoms with E-state index in [-0.39, 0.29) is 11.9 Å². The fourth-order valence-electron chi connectivity index (χ4n) is 0.873. The summed E-state index contributed by atoms with van der Waals surface area (Å²) < 4.78 is 15.3. The van der Waals surface area contributed by atoms with Gasteiger partial charge in [-0.2, -0.15) is 0 Å². The molecule has 0 saturated heterocycles. The van der Waals surface area contributed by atoms with E-state index in [1.807, 2.05) is 20.8 Å². The molecule has 0 rings (SSSR count). The van der Waals surface area contributed by atoms with Gasteiger partial charge in [0.2, 0.25) is 0 Å². The van der Waals surface area contributed by atoms with E-state index in [0.717, 1.165) is 0 Å². The van der Waals surface area contributed by atoms with Crippen LogP contribution in [0.25, 0.3) is 0 Å². The predicted molar refractivity (Wildman–Crippen MR) is 57.7 cm³/mol. The number of hydrogen-bond acceptors (Lipinski definition) is 4. The van der Waals surface area contributed by atoms with Gasteiger partial charge in [-0.05, 0) is 27.7 Å². The highest BCUT2D eigenvalue weighted by Crippen LogP contribution is 2.11. The summed E-state index contributed by atoms with van der Waals surface area (Å²) in [5.41, 5.74) is -0.433. The zero-order chi connectivity index (χ0) is 11.9. The maximum Gasteiger partial charge on any atom is 0.311 e. The third-order valence-corrected chi connectivity index (χ3v) is 1.61. The van der Waals surface area contributed by atoms with E-state index in [0.29, 0.717) is 19.8 Å². The maximum absolute atomic E-state index is 11.5. The van der Waals surface area contributed by atoms with Crippen LogP contribution < -0.4 is 0 Å². The maximum atomic E-state index is 11.5. The highest BCUT2D eigenvalue weighted by atomic mass is 16.6. The molecule has 0 aromatic heterocycles. The first-order valence-corrected chi connectivity index (χ1v) is 5.16. The van der Waals surface area contributed by atoms with Crippen molar-refractivity contribution in [3.8, 4) is 0 Å². The van der Waals surface area contributed by atoms with E-state index >= 15 is 0 Å². The van der Waals surface area contributed by atoms with Crippen molar-refractivity contribution in [2.24, 2.45) is 5.92 Å². The lowest BCUT2D eigenvalue weighted by Gasteiger charge is -2.22. The summed E-state index contributed by atoms with van der Waals surface area (Å²) in [5.74, 6) is -0.457. The number of rotatable bonds is 6. The molecule has 0 heterocycles. The Morgan fingerprint density at radius 3 is 2.33 bits per heavy atom. The average molecular weight is 218 g/mol. The molecule has 90 valence electrons. The van der Waals surface area contributed by atoms with Gasteiger partial charge < -0.3 is 14.2 Å². The second-order valence-electron chi connectivity index (χ2n) is 4.50. The SMILES string of the molecule is COCCOC[C@@H](C)C(=O)OC(C)(C)C. The molecule has 0 saturated carbocycles. The molecule has 0 aliphatic heterocycles. The topological polar surface area (TPSA) is 44.8 Å². The minimum atomic E-state index is -0.433. The van der Waals surface area contributed by atoms with Gasteiger partial charge >= 0.3 is 5.97 Å². The highest BCUT2D eigenvalue weighted by Gasteiger charge is 2.21. The Hall–Kier alpha value is -0.610. The summed E-state index contributed by atoms with van der Waals surface area (Å²) in [6, 6.07) is 0. The van der Waals surface area contributed by atoms with Crippen molar-refractivity contribution in [2.75, 3.05) is 26.9 Å². The van der Waals surface area contributed by atoms with Crippen molar-refractivity contribution in [3.63, 3.8) is 0 Å². The molecule has 0 aromatic carbocycles. The van der Waals surface area contributed by atoms with Crippen molar-refractivity contribution in [1.29, 1.82) is 0 Å². The summed E-state index contributed by atoms with van der Waals surface area (Å²) >= 11 is 0. The molecule has 0 aliphatic rings. The van der Waals surface area contributed by atoms with Crippen molar-refractivity contribution in [1.82, 2.24) is 0 Å². The second-order valence-corrected chi connectivity index (χ2v) is 4.50. The van der Waals surface area contributed by atoms with E-state index in [2.05, 4.69) is 0 Å². The van der Waals surface area contributed by atoms with Crippen LogP contribution in [0, 0.1) is 5.92 Å². The van der Waals surface area contributed by atoms with Crippen molar-refractivity contribution in [3.05, 3.63) is 0 Å². The monoisotopic (exact) mass is 218 g/mol. The van der Waals surface area contributed by atoms with Crippen LogP contribution in [0.5, 0.6) is 0 Å². The van der Waals surface area contributed by atoms with Crippen LogP contribution in [-0.4, -0.2) is 38.5 Å². The normalized spacial score (nSPS) is 13.7. The molecule has 0 unspecified atom stereocenters. The van der Waals surface area contributed by atoms with Crippen molar-refractivity contribution < 1.29 is 19.0 Å². The van der Waals surface area contributed by atoms with E-state index < -0.39 is 5.60 Å². The largest absolute Gasteiger partial charge is 0.460 e. The minimum Gasteiger partial charge on any atom is -0.460 e. The van der Waals surface area contributed by atoms with Gasteiger partial charge in [-0.3, -0.25) is 4.79 Å². The van der Waals surface area contributed by atoms with Crippen LogP contribution in [0.4, 0.5) is 0 Å². The molecular formula is C11H22O4. The fraction of sp³-hybridized carbons (Fsp3) is 0.909. The Bertz CT molecular complexity index is 184. The average Bonchev–Trinajstić information content (AvgIpc) is 2.09. The van der Waals surface area contributed by atoms with Crippen LogP contribution in [0.2, 0.25) is 0 Å². The Morgan fingerprint density at radius 2 is 1.87 bits per heavy atom. The van der Waals surface area contributed by atoms with E-state index in [1.165, 1.54) is 0 Å². The lowest BCUT2D eigenvalue weighted by molar-refractivity contribution is -0.161. The van der Waals surface area contributed by atoms with Crippen molar-refractivity contribution in [2.45, 2.75) is 33.3 Å². The molecule has 0 N–H and O–H groups in total. The quantitative estimate of drug-likeness (QED) is 0.502. The first kappa shape index (κ1) is 14.4. The Kier molecular flexibility index (Phi) is 6.52. The molecule has 15 heavy (non-hydrogen) atoms. The minimum absolute atomic E-state index is 0.222. The van der Waals surface area contributed by atoms with Gasteiger partial charge in [0.25, 0.3) is 0 Å². The smallest absolute Gasteiger partial charge is 0.311 e. The number of methoxy groups -OCH3 is 1. The van der Waals surface area contributed by atoms with Gasteiger partial charge in [-0.25, -0.2) is 0 Å². The van der Waals surface area contributed by atoms with E-state index in [4.69, 9.17) is 14.2 Å². The van der Waals surface area contributed by atoms with E-state index in [1.54, 1.807) is 14.0 Å². The predicted octanol–water partition coefficient (Wildman–Crippen LogP) is 1.63. The number of carbonyl (C=O) groups excluding carboxylic acids is 1. The van der Waals surface area contributed by atoms with Gasteiger partial charge in [0, 0.05) is 7.11 Å². The Balaban J connectivity index is 3.70. The second kappa shape index (κ2) is 6.80. The van der Waals surface area contributed by atoms with Crippen LogP contribution in [-0.2, 0) is 19.0 Å². The summed E-state index contributed by atoms with van der Waals surface area (Å²) in [4.78, 5) is 11.5. The standard InChI is InChI=1S/C11H22O4/c1-9(8-14-7-6-13-5)10(12)15-11(2,3)4/h9H,6-8H2,1-5H3/t9-/m1/s1. The van der Waals surface area contributed by atoms with Crippen LogP contribution in [0.1, 0.15) is 27.7 Å². The molecule has 1 atom stereocenters. The van der Waals surface area contributed by atoms with Gasteiger partial charge in [-0.15, -0.1) is 0 Å². The molecule has 0 bridgehead atoms. The zero-order valence-corrected chi connectivity index (χ0v) is 10.3. The first-order valence-electron chi connectivity index (χ1n) is 5.16. The molecule has 0 aliphatic carbocycles. The lowest BCUT2D eigenvalue weighted by Crippen LogP contribution is -2.29. The van der Waals surface area contributed by atoms with Gasteiger partial charge in [0.05, 0.1) is 25.7 Å². The molecule has 0 amide bonds. The van der Waals surface area contributed by atoms with Gasteiger partial charge in [0.15, 0.2) is 0 Å². The third-order valence-electron chi connectivity index (χ3n) is 1.61. The summed E-state index contributed by atoms with van der Waals surface area (Å²) in [5, 5.41) is 0. The van der Waals surface area contributed by atoms with Gasteiger partial charge in [-0.1, -0.05) is 0 Å². The van der Waals surface area contributed by atoms with Crippen LogP contribution in [0.15, 0.2) is 0 Å². The van der Waals surface area contributed by atoms with Crippen molar-refractivity contribution >= 4 is 5.97 Å². The number of carbonyl (C=O) groups is 1. The number of hydrogen-bond donors (Lipinski definition) is 0. The Labute approximate surface area is 91.9 Å². The molecule has 4 nitrogen and oxygen atoms in total. The summed E-state index contributed by atoms with van der Waals surface area (Å²) in [7, 11) is 1.61. The lowest BCUT2D eigenvalue weighted by atomic mass is 10.1. The van der Waals surface area contributed by atoms with Crippen LogP contribution >= 0.6 is 0 Å². The summed E-state index contributed by atoms with van der Waals surface area (Å²) in [6.07, 6.45) is 0. The number of esters is 1. The molecule has 0 fully saturated rings. The first-order chi connectivity index (χ1) is 6.87. The zero-order valence-electron chi connectivity index (χ0n) is 10.3.